The minimum absolute atomic E-state index is 0.205. The summed E-state index contributed by atoms with van der Waals surface area (Å²) in [6.07, 6.45) is 1.44. The van der Waals surface area contributed by atoms with Crippen LogP contribution in [0.5, 0.6) is 0 Å². The van der Waals surface area contributed by atoms with Crippen molar-refractivity contribution in [2.75, 3.05) is 0 Å². The van der Waals surface area contributed by atoms with Gasteiger partial charge in [-0.1, -0.05) is 29.3 Å². The molecule has 2 aromatic rings. The minimum Gasteiger partial charge on any atom is -0.456 e. The summed E-state index contributed by atoms with van der Waals surface area (Å²) in [5.41, 5.74) is 3.00. The molecule has 1 aromatic carbocycles. The predicted octanol–water partition coefficient (Wildman–Crippen LogP) is 3.66. The molecule has 19 heavy (non-hydrogen) atoms. The Balaban J connectivity index is 2.02. The molecule has 0 saturated heterocycles. The maximum absolute atomic E-state index is 11.6. The van der Waals surface area contributed by atoms with E-state index in [9.17, 15) is 4.79 Å². The zero-order valence-electron chi connectivity index (χ0n) is 9.98. The van der Waals surface area contributed by atoms with E-state index in [4.69, 9.17) is 27.6 Å². The number of hydrogen-bond donors (Lipinski definition) is 1. The maximum atomic E-state index is 11.6. The molecule has 0 unspecified atom stereocenters. The lowest BCUT2D eigenvalue weighted by Gasteiger charge is -1.98. The van der Waals surface area contributed by atoms with Gasteiger partial charge in [-0.05, 0) is 31.2 Å². The molecule has 0 atom stereocenters. The van der Waals surface area contributed by atoms with Gasteiger partial charge in [0.05, 0.1) is 11.2 Å². The average molecular weight is 297 g/mol. The molecule has 0 radical (unpaired) electrons. The van der Waals surface area contributed by atoms with Gasteiger partial charge in [-0.2, -0.15) is 5.10 Å². The van der Waals surface area contributed by atoms with Gasteiger partial charge in [0.1, 0.15) is 5.76 Å². The van der Waals surface area contributed by atoms with Crippen LogP contribution in [0.2, 0.25) is 10.0 Å². The number of furan rings is 1. The normalized spacial score (nSPS) is 10.9. The molecule has 2 rings (SSSR count). The molecule has 0 aliphatic rings. The highest BCUT2D eigenvalue weighted by Gasteiger charge is 2.08. The van der Waals surface area contributed by atoms with Gasteiger partial charge in [-0.15, -0.1) is 0 Å². The smallest absolute Gasteiger partial charge is 0.307 e. The third kappa shape index (κ3) is 3.59. The van der Waals surface area contributed by atoms with Crippen LogP contribution in [-0.4, -0.2) is 12.1 Å². The maximum Gasteiger partial charge on any atom is 0.307 e. The summed E-state index contributed by atoms with van der Waals surface area (Å²) in [4.78, 5) is 11.6. The third-order valence-corrected chi connectivity index (χ3v) is 2.86. The van der Waals surface area contributed by atoms with Crippen molar-refractivity contribution < 1.29 is 9.21 Å². The largest absolute Gasteiger partial charge is 0.456 e. The van der Waals surface area contributed by atoms with Crippen LogP contribution in [0.1, 0.15) is 21.9 Å². The summed E-state index contributed by atoms with van der Waals surface area (Å²) in [6, 6.07) is 8.27. The van der Waals surface area contributed by atoms with Crippen molar-refractivity contribution in [1.29, 1.82) is 0 Å². The van der Waals surface area contributed by atoms with E-state index in [0.29, 0.717) is 21.4 Å². The minimum atomic E-state index is -0.422. The molecule has 0 saturated carbocycles. The van der Waals surface area contributed by atoms with E-state index in [1.165, 1.54) is 6.21 Å². The number of carbonyl (C=O) groups is 1. The quantitative estimate of drug-likeness (QED) is 0.694. The highest BCUT2D eigenvalue weighted by atomic mass is 35.5. The molecule has 1 amide bonds. The first kappa shape index (κ1) is 13.6. The van der Waals surface area contributed by atoms with E-state index in [2.05, 4.69) is 10.5 Å². The first-order valence-electron chi connectivity index (χ1n) is 5.41. The Kier molecular flexibility index (Phi) is 4.24. The first-order chi connectivity index (χ1) is 9.06. The monoisotopic (exact) mass is 296 g/mol. The van der Waals surface area contributed by atoms with Gasteiger partial charge in [0.25, 0.3) is 0 Å². The highest BCUT2D eigenvalue weighted by Crippen LogP contribution is 2.19. The molecule has 4 nitrogen and oxygen atoms in total. The Labute approximate surface area is 120 Å². The molecule has 0 aliphatic carbocycles. The van der Waals surface area contributed by atoms with Crippen molar-refractivity contribution in [2.24, 2.45) is 5.10 Å². The molecule has 0 spiro atoms. The average Bonchev–Trinajstić information content (AvgIpc) is 2.78. The topological polar surface area (TPSA) is 54.6 Å². The van der Waals surface area contributed by atoms with Crippen molar-refractivity contribution in [3.63, 3.8) is 0 Å². The van der Waals surface area contributed by atoms with Crippen LogP contribution in [0.3, 0.4) is 0 Å². The van der Waals surface area contributed by atoms with Crippen LogP contribution in [0.15, 0.2) is 39.9 Å². The lowest BCUT2D eigenvalue weighted by molar-refractivity contribution is 0.0926. The van der Waals surface area contributed by atoms with Crippen molar-refractivity contribution in [1.82, 2.24) is 5.43 Å². The summed E-state index contributed by atoms with van der Waals surface area (Å²) < 4.78 is 5.16. The Morgan fingerprint density at radius 2 is 2.11 bits per heavy atom. The number of carbonyl (C=O) groups excluding carboxylic acids is 1. The van der Waals surface area contributed by atoms with Crippen molar-refractivity contribution >= 4 is 35.3 Å². The second-order valence-electron chi connectivity index (χ2n) is 3.78. The summed E-state index contributed by atoms with van der Waals surface area (Å²) in [6.45, 7) is 1.76. The Morgan fingerprint density at radius 3 is 2.74 bits per heavy atom. The molecule has 0 fully saturated rings. The second kappa shape index (κ2) is 5.91. The number of halogens is 2. The Hall–Kier alpha value is -1.78. The molecule has 0 bridgehead atoms. The molecular formula is C13H10Cl2N2O2. The summed E-state index contributed by atoms with van der Waals surface area (Å²) in [5, 5.41) is 4.80. The molecule has 1 N–H and O–H groups in total. The third-order valence-electron chi connectivity index (χ3n) is 2.30. The fourth-order valence-corrected chi connectivity index (χ4v) is 1.84. The Morgan fingerprint density at radius 1 is 1.32 bits per heavy atom. The van der Waals surface area contributed by atoms with Gasteiger partial charge in [0, 0.05) is 10.6 Å². The number of aryl methyl sites for hydroxylation is 1. The van der Waals surface area contributed by atoms with E-state index in [-0.39, 0.29) is 5.76 Å². The van der Waals surface area contributed by atoms with Crippen molar-refractivity contribution in [3.05, 3.63) is 57.5 Å². The predicted molar refractivity (Wildman–Crippen MR) is 75.0 cm³/mol. The number of amides is 1. The van der Waals surface area contributed by atoms with Gasteiger partial charge in [0.2, 0.25) is 0 Å². The standard InChI is InChI=1S/C13H10Cl2N2O2/c1-8-2-5-12(19-8)13(18)17-16-7-9-3-4-10(14)6-11(9)15/h2-7H,1H3,(H,17,18)/b16-7+. The van der Waals surface area contributed by atoms with Crippen LogP contribution in [0.25, 0.3) is 0 Å². The van der Waals surface area contributed by atoms with Crippen LogP contribution in [0, 0.1) is 6.92 Å². The van der Waals surface area contributed by atoms with E-state index >= 15 is 0 Å². The molecule has 0 aliphatic heterocycles. The summed E-state index contributed by atoms with van der Waals surface area (Å²) >= 11 is 11.7. The number of benzene rings is 1. The lowest BCUT2D eigenvalue weighted by atomic mass is 10.2. The van der Waals surface area contributed by atoms with Crippen LogP contribution < -0.4 is 5.43 Å². The number of hydrazone groups is 1. The van der Waals surface area contributed by atoms with Crippen molar-refractivity contribution in [2.45, 2.75) is 6.92 Å². The van der Waals surface area contributed by atoms with E-state index in [0.717, 1.165) is 0 Å². The number of nitrogens with zero attached hydrogens (tertiary/aromatic N) is 1. The molecular weight excluding hydrogens is 287 g/mol. The zero-order valence-corrected chi connectivity index (χ0v) is 11.5. The van der Waals surface area contributed by atoms with Gasteiger partial charge in [-0.25, -0.2) is 5.43 Å². The highest BCUT2D eigenvalue weighted by molar-refractivity contribution is 6.36. The Bertz CT molecular complexity index is 635. The fraction of sp³-hybridized carbons (Fsp3) is 0.0769. The summed E-state index contributed by atoms with van der Waals surface area (Å²) in [7, 11) is 0. The van der Waals surface area contributed by atoms with Gasteiger partial charge in [0.15, 0.2) is 5.76 Å². The lowest BCUT2D eigenvalue weighted by Crippen LogP contribution is -2.16. The van der Waals surface area contributed by atoms with Crippen LogP contribution in [0.4, 0.5) is 0 Å². The molecule has 6 heteroatoms. The van der Waals surface area contributed by atoms with Gasteiger partial charge >= 0.3 is 5.91 Å². The SMILES string of the molecule is Cc1ccc(C(=O)N/N=C/c2ccc(Cl)cc2Cl)o1. The molecule has 98 valence electrons. The molecule has 1 aromatic heterocycles. The van der Waals surface area contributed by atoms with Gasteiger partial charge < -0.3 is 4.42 Å². The summed E-state index contributed by atoms with van der Waals surface area (Å²) in [5.74, 6) is 0.446. The van der Waals surface area contributed by atoms with E-state index in [1.807, 2.05) is 0 Å². The van der Waals surface area contributed by atoms with E-state index < -0.39 is 5.91 Å². The number of nitrogens with one attached hydrogen (secondary N) is 1. The first-order valence-corrected chi connectivity index (χ1v) is 6.17. The van der Waals surface area contributed by atoms with Crippen LogP contribution in [-0.2, 0) is 0 Å². The number of rotatable bonds is 3. The van der Waals surface area contributed by atoms with Crippen molar-refractivity contribution in [3.8, 4) is 0 Å². The fourth-order valence-electron chi connectivity index (χ4n) is 1.38. The number of hydrogen-bond acceptors (Lipinski definition) is 3. The second-order valence-corrected chi connectivity index (χ2v) is 4.62. The van der Waals surface area contributed by atoms with Crippen LogP contribution >= 0.6 is 23.2 Å². The zero-order chi connectivity index (χ0) is 13.8. The van der Waals surface area contributed by atoms with Gasteiger partial charge in [-0.3, -0.25) is 4.79 Å². The van der Waals surface area contributed by atoms with E-state index in [1.54, 1.807) is 37.3 Å². The molecule has 1 heterocycles.